The Morgan fingerprint density at radius 3 is 2.50 bits per heavy atom. The maximum absolute atomic E-state index is 10.8. The molecule has 74 valence electrons. The summed E-state index contributed by atoms with van der Waals surface area (Å²) < 4.78 is 0.811. The smallest absolute Gasteiger partial charge is 0.335 e. The van der Waals surface area contributed by atoms with E-state index < -0.39 is 5.97 Å². The molecular formula is C9H7IO3S. The number of halogens is 1. The Kier molecular flexibility index (Phi) is 3.94. The molecule has 3 nitrogen and oxygen atoms in total. The molecule has 0 amide bonds. The van der Waals surface area contributed by atoms with Crippen molar-refractivity contribution < 1.29 is 14.7 Å². The average Bonchev–Trinajstić information content (AvgIpc) is 2.01. The summed E-state index contributed by atoms with van der Waals surface area (Å²) in [5, 5.41) is 8.72. The molecule has 14 heavy (non-hydrogen) atoms. The molecule has 0 aromatic heterocycles. The Morgan fingerprint density at radius 1 is 1.36 bits per heavy atom. The van der Waals surface area contributed by atoms with E-state index in [1.165, 1.54) is 13.0 Å². The summed E-state index contributed by atoms with van der Waals surface area (Å²) in [4.78, 5) is 22.2. The van der Waals surface area contributed by atoms with Crippen LogP contribution in [0.5, 0.6) is 0 Å². The van der Waals surface area contributed by atoms with Crippen LogP contribution in [-0.2, 0) is 4.79 Å². The molecule has 0 saturated carbocycles. The van der Waals surface area contributed by atoms with E-state index in [9.17, 15) is 9.59 Å². The minimum absolute atomic E-state index is 0.0525. The second-order valence-corrected chi connectivity index (χ2v) is 5.07. The van der Waals surface area contributed by atoms with Gasteiger partial charge in [0.15, 0.2) is 5.12 Å². The van der Waals surface area contributed by atoms with Crippen LogP contribution in [0.3, 0.4) is 0 Å². The molecule has 0 atom stereocenters. The molecule has 0 saturated heterocycles. The molecule has 1 aromatic rings. The van der Waals surface area contributed by atoms with E-state index in [4.69, 9.17) is 5.11 Å². The van der Waals surface area contributed by atoms with Crippen LogP contribution in [0.2, 0.25) is 0 Å². The number of carboxylic acids is 1. The summed E-state index contributed by atoms with van der Waals surface area (Å²) in [5.41, 5.74) is 0.209. The lowest BCUT2D eigenvalue weighted by molar-refractivity contribution is -0.109. The second-order valence-electron chi connectivity index (χ2n) is 2.57. The first-order valence-corrected chi connectivity index (χ1v) is 5.61. The van der Waals surface area contributed by atoms with Crippen LogP contribution < -0.4 is 0 Å². The molecule has 0 heterocycles. The lowest BCUT2D eigenvalue weighted by Crippen LogP contribution is -1.97. The monoisotopic (exact) mass is 322 g/mol. The van der Waals surface area contributed by atoms with Gasteiger partial charge >= 0.3 is 5.97 Å². The van der Waals surface area contributed by atoms with Crippen molar-refractivity contribution in [3.8, 4) is 0 Å². The highest BCUT2D eigenvalue weighted by atomic mass is 127. The Bertz CT molecular complexity index is 390. The van der Waals surface area contributed by atoms with Gasteiger partial charge in [0.1, 0.15) is 0 Å². The number of carbonyl (C=O) groups excluding carboxylic acids is 1. The molecule has 0 radical (unpaired) electrons. The lowest BCUT2D eigenvalue weighted by atomic mass is 10.2. The minimum atomic E-state index is -0.978. The molecule has 0 aliphatic carbocycles. The van der Waals surface area contributed by atoms with Crippen LogP contribution in [0, 0.1) is 3.57 Å². The first-order valence-electron chi connectivity index (χ1n) is 3.71. The molecule has 0 bridgehead atoms. The molecule has 1 rings (SSSR count). The Hall–Kier alpha value is -0.560. The summed E-state index contributed by atoms with van der Waals surface area (Å²) in [5.74, 6) is -0.978. The fourth-order valence-corrected chi connectivity index (χ4v) is 2.50. The maximum Gasteiger partial charge on any atom is 0.335 e. The Morgan fingerprint density at radius 2 is 2.00 bits per heavy atom. The van der Waals surface area contributed by atoms with Crippen molar-refractivity contribution in [3.63, 3.8) is 0 Å². The van der Waals surface area contributed by atoms with Crippen molar-refractivity contribution >= 4 is 45.4 Å². The normalized spacial score (nSPS) is 9.86. The van der Waals surface area contributed by atoms with Crippen molar-refractivity contribution in [1.29, 1.82) is 0 Å². The van der Waals surface area contributed by atoms with Gasteiger partial charge in [0.05, 0.1) is 5.56 Å². The Balaban J connectivity index is 3.07. The fourth-order valence-electron chi connectivity index (χ4n) is 0.911. The third-order valence-corrected chi connectivity index (χ3v) is 2.76. The number of thioether (sulfide) groups is 1. The van der Waals surface area contributed by atoms with Gasteiger partial charge in [0.2, 0.25) is 0 Å². The average molecular weight is 322 g/mol. The predicted molar refractivity (Wildman–Crippen MR) is 62.7 cm³/mol. The maximum atomic E-state index is 10.8. The van der Waals surface area contributed by atoms with Crippen molar-refractivity contribution in [2.45, 2.75) is 11.8 Å². The zero-order chi connectivity index (χ0) is 10.7. The van der Waals surface area contributed by atoms with E-state index in [-0.39, 0.29) is 10.7 Å². The van der Waals surface area contributed by atoms with E-state index in [1.54, 1.807) is 12.1 Å². The highest BCUT2D eigenvalue weighted by molar-refractivity contribution is 14.1. The SMILES string of the molecule is CC(=O)Sc1cc(I)cc(C(=O)O)c1. The topological polar surface area (TPSA) is 54.4 Å². The first-order chi connectivity index (χ1) is 6.49. The number of hydrogen-bond acceptors (Lipinski definition) is 3. The van der Waals surface area contributed by atoms with Crippen LogP contribution in [0.4, 0.5) is 0 Å². The third-order valence-electron chi connectivity index (χ3n) is 1.38. The summed E-state index contributed by atoms with van der Waals surface area (Å²) >= 11 is 3.06. The first kappa shape index (κ1) is 11.5. The molecule has 0 aliphatic heterocycles. The molecular weight excluding hydrogens is 315 g/mol. The number of benzene rings is 1. The number of carbonyl (C=O) groups is 2. The zero-order valence-electron chi connectivity index (χ0n) is 7.28. The predicted octanol–water partition coefficient (Wildman–Crippen LogP) is 2.63. The van der Waals surface area contributed by atoms with Crippen molar-refractivity contribution in [3.05, 3.63) is 27.3 Å². The van der Waals surface area contributed by atoms with Gasteiger partial charge in [-0.05, 0) is 40.8 Å². The van der Waals surface area contributed by atoms with Gasteiger partial charge in [-0.15, -0.1) is 0 Å². The van der Waals surface area contributed by atoms with Crippen molar-refractivity contribution in [1.82, 2.24) is 0 Å². The third kappa shape index (κ3) is 3.30. The summed E-state index contributed by atoms with van der Waals surface area (Å²) in [6, 6.07) is 4.84. The number of hydrogen-bond donors (Lipinski definition) is 1. The zero-order valence-corrected chi connectivity index (χ0v) is 10.3. The van der Waals surface area contributed by atoms with Crippen LogP contribution >= 0.6 is 34.4 Å². The highest BCUT2D eigenvalue weighted by Gasteiger charge is 2.07. The van der Waals surface area contributed by atoms with Gasteiger partial charge in [-0.3, -0.25) is 4.79 Å². The van der Waals surface area contributed by atoms with E-state index in [0.29, 0.717) is 4.90 Å². The van der Waals surface area contributed by atoms with Gasteiger partial charge in [0, 0.05) is 15.4 Å². The summed E-state index contributed by atoms with van der Waals surface area (Å²) in [6.45, 7) is 1.45. The van der Waals surface area contributed by atoms with Crippen LogP contribution in [0.15, 0.2) is 23.1 Å². The van der Waals surface area contributed by atoms with Gasteiger partial charge in [-0.25, -0.2) is 4.79 Å². The van der Waals surface area contributed by atoms with Crippen LogP contribution in [-0.4, -0.2) is 16.2 Å². The minimum Gasteiger partial charge on any atom is -0.478 e. The van der Waals surface area contributed by atoms with Gasteiger partial charge in [0.25, 0.3) is 0 Å². The summed E-state index contributed by atoms with van der Waals surface area (Å²) in [6.07, 6.45) is 0. The van der Waals surface area contributed by atoms with Crippen LogP contribution in [0.1, 0.15) is 17.3 Å². The second kappa shape index (κ2) is 4.79. The van der Waals surface area contributed by atoms with Gasteiger partial charge in [-0.2, -0.15) is 0 Å². The largest absolute Gasteiger partial charge is 0.478 e. The van der Waals surface area contributed by atoms with Crippen molar-refractivity contribution in [2.24, 2.45) is 0 Å². The number of aromatic carboxylic acids is 1. The molecule has 1 N–H and O–H groups in total. The molecule has 0 aliphatic rings. The quantitative estimate of drug-likeness (QED) is 0.672. The standard InChI is InChI=1S/C9H7IO3S/c1-5(11)14-8-3-6(9(12)13)2-7(10)4-8/h2-4H,1H3,(H,12,13). The van der Waals surface area contributed by atoms with Crippen molar-refractivity contribution in [2.75, 3.05) is 0 Å². The number of rotatable bonds is 2. The molecule has 1 aromatic carbocycles. The van der Waals surface area contributed by atoms with Crippen LogP contribution in [0.25, 0.3) is 0 Å². The summed E-state index contributed by atoms with van der Waals surface area (Å²) in [7, 11) is 0. The Labute approximate surface area is 99.0 Å². The molecule has 5 heteroatoms. The molecule has 0 unspecified atom stereocenters. The van der Waals surface area contributed by atoms with E-state index in [2.05, 4.69) is 0 Å². The number of carboxylic acid groups (broad SMARTS) is 1. The van der Waals surface area contributed by atoms with E-state index >= 15 is 0 Å². The lowest BCUT2D eigenvalue weighted by Gasteiger charge is -2.01. The van der Waals surface area contributed by atoms with E-state index in [0.717, 1.165) is 15.3 Å². The fraction of sp³-hybridized carbons (Fsp3) is 0.111. The highest BCUT2D eigenvalue weighted by Crippen LogP contribution is 2.22. The molecule has 0 spiro atoms. The van der Waals surface area contributed by atoms with E-state index in [1.807, 2.05) is 22.6 Å². The van der Waals surface area contributed by atoms with Gasteiger partial charge < -0.3 is 5.11 Å². The van der Waals surface area contributed by atoms with Gasteiger partial charge in [-0.1, -0.05) is 11.8 Å². The molecule has 0 fully saturated rings.